The summed E-state index contributed by atoms with van der Waals surface area (Å²) in [6.07, 6.45) is 0. The van der Waals surface area contributed by atoms with Gasteiger partial charge in [0, 0.05) is 15.9 Å². The van der Waals surface area contributed by atoms with E-state index in [0.717, 1.165) is 26.7 Å². The first-order valence-electron chi connectivity index (χ1n) is 12.2. The van der Waals surface area contributed by atoms with E-state index < -0.39 is 7.14 Å². The fraction of sp³-hybridized carbons (Fsp3) is 0. The van der Waals surface area contributed by atoms with Gasteiger partial charge in [-0.3, -0.25) is 0 Å². The molecule has 1 nitrogen and oxygen atoms in total. The molecule has 0 radical (unpaired) electrons. The van der Waals surface area contributed by atoms with Crippen LogP contribution in [0.15, 0.2) is 140 Å². The van der Waals surface area contributed by atoms with Crippen molar-refractivity contribution in [2.45, 2.75) is 0 Å². The lowest BCUT2D eigenvalue weighted by Gasteiger charge is -2.23. The molecule has 0 atom stereocenters. The molecular weight excluding hydrogens is 455 g/mol. The number of hydrogen-bond acceptors (Lipinski definition) is 1. The summed E-state index contributed by atoms with van der Waals surface area (Å²) in [7, 11) is -3.16. The predicted molar refractivity (Wildman–Crippen MR) is 156 cm³/mol. The largest absolute Gasteiger partial charge is 0.309 e. The molecule has 36 heavy (non-hydrogen) atoms. The minimum absolute atomic E-state index is 0.853. The average molecular weight is 479 g/mol. The van der Waals surface area contributed by atoms with E-state index in [1.807, 2.05) is 60.7 Å². The highest BCUT2D eigenvalue weighted by Crippen LogP contribution is 2.47. The third kappa shape index (κ3) is 3.07. The Labute approximate surface area is 210 Å². The van der Waals surface area contributed by atoms with Gasteiger partial charge in [0.1, 0.15) is 0 Å². The van der Waals surface area contributed by atoms with E-state index >= 15 is 4.57 Å². The topological polar surface area (TPSA) is 17.1 Å². The van der Waals surface area contributed by atoms with Crippen LogP contribution in [0.4, 0.5) is 0 Å². The summed E-state index contributed by atoms with van der Waals surface area (Å²) in [4.78, 5) is 0. The van der Waals surface area contributed by atoms with Gasteiger partial charge in [-0.1, -0.05) is 133 Å². The van der Waals surface area contributed by atoms with Gasteiger partial charge in [-0.2, -0.15) is 0 Å². The van der Waals surface area contributed by atoms with Crippen LogP contribution in [-0.2, 0) is 4.57 Å². The van der Waals surface area contributed by atoms with Crippen LogP contribution in [-0.4, -0.2) is 0 Å². The molecule has 0 aliphatic rings. The minimum Gasteiger partial charge on any atom is -0.309 e. The SMILES string of the molecule is O=P(c1ccccc1)(c1ccccc1)c1cc2ccc3ccccc3c2c2c1ccc1ccccc12. The maximum atomic E-state index is 15.5. The summed E-state index contributed by atoms with van der Waals surface area (Å²) in [5.41, 5.74) is 0. The second-order valence-electron chi connectivity index (χ2n) is 9.27. The molecule has 0 aliphatic carbocycles. The fourth-order valence-electron chi connectivity index (χ4n) is 5.63. The summed E-state index contributed by atoms with van der Waals surface area (Å²) in [6.45, 7) is 0. The summed E-state index contributed by atoms with van der Waals surface area (Å²) < 4.78 is 15.5. The second kappa shape index (κ2) is 8.19. The van der Waals surface area contributed by atoms with Gasteiger partial charge >= 0.3 is 0 Å². The Morgan fingerprint density at radius 1 is 0.389 bits per heavy atom. The van der Waals surface area contributed by atoms with Gasteiger partial charge in [0.05, 0.1) is 0 Å². The van der Waals surface area contributed by atoms with E-state index in [1.54, 1.807) is 0 Å². The van der Waals surface area contributed by atoms with Gasteiger partial charge in [0.2, 0.25) is 0 Å². The van der Waals surface area contributed by atoms with Gasteiger partial charge in [0.25, 0.3) is 0 Å². The number of hydrogen-bond donors (Lipinski definition) is 0. The van der Waals surface area contributed by atoms with Crippen LogP contribution in [0.3, 0.4) is 0 Å². The molecule has 0 saturated carbocycles. The molecule has 2 heteroatoms. The Bertz CT molecular complexity index is 1910. The number of fused-ring (bicyclic) bond motifs is 7. The van der Waals surface area contributed by atoms with Gasteiger partial charge in [-0.25, -0.2) is 0 Å². The Hall–Kier alpha value is -4.19. The molecule has 0 aromatic heterocycles. The smallest absolute Gasteiger partial charge is 0.171 e. The second-order valence-corrected chi connectivity index (χ2v) is 12.0. The Balaban J connectivity index is 1.74. The quantitative estimate of drug-likeness (QED) is 0.186. The van der Waals surface area contributed by atoms with Crippen molar-refractivity contribution in [3.05, 3.63) is 140 Å². The van der Waals surface area contributed by atoms with Crippen molar-refractivity contribution in [2.75, 3.05) is 0 Å². The molecule has 170 valence electrons. The van der Waals surface area contributed by atoms with E-state index in [0.29, 0.717) is 0 Å². The predicted octanol–water partition coefficient (Wildman–Crippen LogP) is 7.94. The first kappa shape index (κ1) is 21.1. The van der Waals surface area contributed by atoms with Crippen LogP contribution in [0.1, 0.15) is 0 Å². The molecule has 7 rings (SSSR count). The van der Waals surface area contributed by atoms with Crippen LogP contribution >= 0.6 is 7.14 Å². The molecule has 0 bridgehead atoms. The van der Waals surface area contributed by atoms with Crippen molar-refractivity contribution >= 4 is 66.1 Å². The minimum atomic E-state index is -3.16. The highest BCUT2D eigenvalue weighted by molar-refractivity contribution is 7.85. The van der Waals surface area contributed by atoms with Crippen molar-refractivity contribution in [1.29, 1.82) is 0 Å². The third-order valence-corrected chi connectivity index (χ3v) is 10.4. The monoisotopic (exact) mass is 478 g/mol. The molecule has 7 aromatic carbocycles. The molecule has 0 fully saturated rings. The van der Waals surface area contributed by atoms with Gasteiger partial charge < -0.3 is 4.57 Å². The summed E-state index contributed by atoms with van der Waals surface area (Å²) in [6, 6.07) is 47.9. The molecule has 0 unspecified atom stereocenters. The maximum absolute atomic E-state index is 15.5. The molecule has 0 spiro atoms. The Morgan fingerprint density at radius 2 is 0.861 bits per heavy atom. The van der Waals surface area contributed by atoms with Crippen LogP contribution in [0.5, 0.6) is 0 Å². The lowest BCUT2D eigenvalue weighted by atomic mass is 9.93. The number of benzene rings is 7. The zero-order valence-corrected chi connectivity index (χ0v) is 20.5. The van der Waals surface area contributed by atoms with E-state index in [-0.39, 0.29) is 0 Å². The van der Waals surface area contributed by atoms with Gasteiger partial charge in [-0.15, -0.1) is 0 Å². The van der Waals surface area contributed by atoms with Gasteiger partial charge in [0.15, 0.2) is 7.14 Å². The molecular formula is C34H23OP. The molecule has 0 heterocycles. The van der Waals surface area contributed by atoms with Crippen LogP contribution in [0.2, 0.25) is 0 Å². The van der Waals surface area contributed by atoms with E-state index in [9.17, 15) is 0 Å². The highest BCUT2D eigenvalue weighted by atomic mass is 31.2. The third-order valence-electron chi connectivity index (χ3n) is 7.29. The lowest BCUT2D eigenvalue weighted by Crippen LogP contribution is -2.25. The molecule has 0 aliphatic heterocycles. The van der Waals surface area contributed by atoms with E-state index in [2.05, 4.69) is 78.9 Å². The van der Waals surface area contributed by atoms with E-state index in [1.165, 1.54) is 32.3 Å². The highest BCUT2D eigenvalue weighted by Gasteiger charge is 2.32. The van der Waals surface area contributed by atoms with Crippen molar-refractivity contribution in [3.8, 4) is 0 Å². The van der Waals surface area contributed by atoms with E-state index in [4.69, 9.17) is 0 Å². The zero-order valence-electron chi connectivity index (χ0n) is 19.6. The standard InChI is InChI=1S/C34H23OP/c35-36(27-13-3-1-4-14-27,28-15-5-2-6-16-28)32-23-26-20-19-24-11-7-9-17-29(24)33(26)34-30-18-10-8-12-25(30)21-22-31(32)34/h1-23H. The molecule has 7 aromatic rings. The van der Waals surface area contributed by atoms with Crippen molar-refractivity contribution in [2.24, 2.45) is 0 Å². The molecule has 0 saturated heterocycles. The summed E-state index contributed by atoms with van der Waals surface area (Å²) in [5, 5.41) is 11.9. The molecule has 0 amide bonds. The first-order valence-corrected chi connectivity index (χ1v) is 13.9. The van der Waals surface area contributed by atoms with Crippen molar-refractivity contribution in [3.63, 3.8) is 0 Å². The first-order chi connectivity index (χ1) is 17.7. The Kier molecular flexibility index (Phi) is 4.81. The summed E-state index contributed by atoms with van der Waals surface area (Å²) in [5.74, 6) is 0. The number of rotatable bonds is 3. The fourth-order valence-corrected chi connectivity index (χ4v) is 8.52. The summed E-state index contributed by atoms with van der Waals surface area (Å²) >= 11 is 0. The van der Waals surface area contributed by atoms with Crippen LogP contribution in [0.25, 0.3) is 43.1 Å². The van der Waals surface area contributed by atoms with Crippen LogP contribution < -0.4 is 15.9 Å². The normalized spacial score (nSPS) is 12.0. The van der Waals surface area contributed by atoms with Gasteiger partial charge in [-0.05, 0) is 49.2 Å². The van der Waals surface area contributed by atoms with Crippen molar-refractivity contribution < 1.29 is 4.57 Å². The maximum Gasteiger partial charge on any atom is 0.171 e. The van der Waals surface area contributed by atoms with Crippen molar-refractivity contribution in [1.82, 2.24) is 0 Å². The van der Waals surface area contributed by atoms with Crippen LogP contribution in [0, 0.1) is 0 Å². The average Bonchev–Trinajstić information content (AvgIpc) is 2.96. The Morgan fingerprint density at radius 3 is 1.47 bits per heavy atom. The zero-order chi connectivity index (χ0) is 24.1. The lowest BCUT2D eigenvalue weighted by molar-refractivity contribution is 0.592. The molecule has 0 N–H and O–H groups in total.